The lowest BCUT2D eigenvalue weighted by Crippen LogP contribution is -2.35. The number of hydrogen-bond donors (Lipinski definition) is 1. The van der Waals surface area contributed by atoms with Crippen LogP contribution in [0.1, 0.15) is 38.3 Å². The smallest absolute Gasteiger partial charge is 0.175 e. The van der Waals surface area contributed by atoms with E-state index in [2.05, 4.69) is 40.0 Å². The second kappa shape index (κ2) is 9.32. The molecular formula is C24H30N4O3S. The molecule has 170 valence electrons. The number of pyridine rings is 1. The first kappa shape index (κ1) is 22.3. The van der Waals surface area contributed by atoms with Crippen LogP contribution in [0.5, 0.6) is 5.75 Å². The quantitative estimate of drug-likeness (QED) is 0.573. The summed E-state index contributed by atoms with van der Waals surface area (Å²) in [6.07, 6.45) is 5.08. The number of nitrogens with zero attached hydrogens (tertiary/aromatic N) is 3. The van der Waals surface area contributed by atoms with Crippen molar-refractivity contribution < 1.29 is 13.2 Å². The van der Waals surface area contributed by atoms with Crippen molar-refractivity contribution >= 4 is 15.7 Å². The SMILES string of the molecule is CC(C)c1cc(N2CCC(COc3ccc(-c4ccc(S(C)(=O)=O)cc4)nc3)CC2)n[nH]1. The summed E-state index contributed by atoms with van der Waals surface area (Å²) in [6.45, 7) is 6.97. The molecule has 8 heteroatoms. The molecule has 0 spiro atoms. The lowest BCUT2D eigenvalue weighted by molar-refractivity contribution is 0.222. The molecule has 1 aliphatic heterocycles. The van der Waals surface area contributed by atoms with E-state index in [4.69, 9.17) is 4.74 Å². The summed E-state index contributed by atoms with van der Waals surface area (Å²) in [5.74, 6) is 2.75. The van der Waals surface area contributed by atoms with Crippen LogP contribution in [0.4, 0.5) is 5.82 Å². The number of aromatic amines is 1. The molecule has 0 atom stereocenters. The van der Waals surface area contributed by atoms with Crippen molar-refractivity contribution in [3.8, 4) is 17.0 Å². The van der Waals surface area contributed by atoms with Crippen LogP contribution in [0.3, 0.4) is 0 Å². The van der Waals surface area contributed by atoms with Crippen LogP contribution in [-0.2, 0) is 9.84 Å². The van der Waals surface area contributed by atoms with Crippen LogP contribution >= 0.6 is 0 Å². The third-order valence-electron chi connectivity index (χ3n) is 5.94. The molecule has 1 N–H and O–H groups in total. The number of H-pyrrole nitrogens is 1. The number of anilines is 1. The monoisotopic (exact) mass is 454 g/mol. The van der Waals surface area contributed by atoms with Gasteiger partial charge in [-0.15, -0.1) is 0 Å². The number of hydrogen-bond acceptors (Lipinski definition) is 6. The van der Waals surface area contributed by atoms with E-state index in [0.717, 1.165) is 48.8 Å². The van der Waals surface area contributed by atoms with Gasteiger partial charge in [0.25, 0.3) is 0 Å². The normalized spacial score (nSPS) is 15.3. The molecule has 0 aliphatic carbocycles. The molecule has 7 nitrogen and oxygen atoms in total. The Morgan fingerprint density at radius 3 is 2.41 bits per heavy atom. The van der Waals surface area contributed by atoms with E-state index in [0.29, 0.717) is 23.3 Å². The molecule has 0 saturated carbocycles. The Bertz CT molecular complexity index is 1130. The maximum absolute atomic E-state index is 11.6. The first-order chi connectivity index (χ1) is 15.3. The molecule has 1 aliphatic rings. The molecule has 32 heavy (non-hydrogen) atoms. The lowest BCUT2D eigenvalue weighted by Gasteiger charge is -2.31. The van der Waals surface area contributed by atoms with E-state index < -0.39 is 9.84 Å². The number of piperidine rings is 1. The van der Waals surface area contributed by atoms with Crippen LogP contribution in [0, 0.1) is 5.92 Å². The van der Waals surface area contributed by atoms with Crippen LogP contribution in [0.15, 0.2) is 53.6 Å². The Morgan fingerprint density at radius 1 is 1.12 bits per heavy atom. The molecule has 0 unspecified atom stereocenters. The van der Waals surface area contributed by atoms with Gasteiger partial charge in [-0.05, 0) is 48.9 Å². The van der Waals surface area contributed by atoms with Crippen molar-refractivity contribution in [3.05, 3.63) is 54.4 Å². The van der Waals surface area contributed by atoms with Gasteiger partial charge in [-0.2, -0.15) is 5.10 Å². The van der Waals surface area contributed by atoms with Gasteiger partial charge in [-0.1, -0.05) is 26.0 Å². The average Bonchev–Trinajstić information content (AvgIpc) is 3.29. The maximum Gasteiger partial charge on any atom is 0.175 e. The summed E-state index contributed by atoms with van der Waals surface area (Å²) < 4.78 is 29.2. The Morgan fingerprint density at radius 2 is 1.84 bits per heavy atom. The summed E-state index contributed by atoms with van der Waals surface area (Å²) in [5.41, 5.74) is 2.83. The first-order valence-corrected chi connectivity index (χ1v) is 12.9. The summed E-state index contributed by atoms with van der Waals surface area (Å²) in [6, 6.07) is 12.7. The molecule has 1 saturated heterocycles. The number of nitrogens with one attached hydrogen (secondary N) is 1. The number of sulfone groups is 1. The fraction of sp³-hybridized carbons (Fsp3) is 0.417. The fourth-order valence-electron chi connectivity index (χ4n) is 3.84. The number of rotatable bonds is 7. The van der Waals surface area contributed by atoms with Gasteiger partial charge < -0.3 is 9.64 Å². The fourth-order valence-corrected chi connectivity index (χ4v) is 4.47. The van der Waals surface area contributed by atoms with E-state index in [-0.39, 0.29) is 0 Å². The molecule has 2 aromatic heterocycles. The summed E-state index contributed by atoms with van der Waals surface area (Å²) in [4.78, 5) is 7.12. The second-order valence-electron chi connectivity index (χ2n) is 8.75. The molecule has 3 heterocycles. The third kappa shape index (κ3) is 5.30. The van der Waals surface area contributed by atoms with E-state index >= 15 is 0 Å². The van der Waals surface area contributed by atoms with E-state index in [1.807, 2.05) is 12.1 Å². The highest BCUT2D eigenvalue weighted by atomic mass is 32.2. The Balaban J connectivity index is 1.27. The number of ether oxygens (including phenoxy) is 1. The minimum Gasteiger partial charge on any atom is -0.492 e. The zero-order chi connectivity index (χ0) is 22.7. The van der Waals surface area contributed by atoms with Gasteiger partial charge in [-0.3, -0.25) is 10.1 Å². The first-order valence-electron chi connectivity index (χ1n) is 11.0. The average molecular weight is 455 g/mol. The van der Waals surface area contributed by atoms with E-state index in [1.165, 1.54) is 11.9 Å². The zero-order valence-electron chi connectivity index (χ0n) is 18.8. The van der Waals surface area contributed by atoms with Gasteiger partial charge in [0.1, 0.15) is 5.75 Å². The predicted octanol–water partition coefficient (Wildman–Crippen LogP) is 4.29. The molecule has 1 fully saturated rings. The minimum absolute atomic E-state index is 0.305. The largest absolute Gasteiger partial charge is 0.492 e. The molecule has 0 amide bonds. The maximum atomic E-state index is 11.6. The van der Waals surface area contributed by atoms with E-state index in [1.54, 1.807) is 30.5 Å². The highest BCUT2D eigenvalue weighted by molar-refractivity contribution is 7.90. The second-order valence-corrected chi connectivity index (χ2v) is 10.8. The number of benzene rings is 1. The van der Waals surface area contributed by atoms with E-state index in [9.17, 15) is 8.42 Å². The van der Waals surface area contributed by atoms with Crippen LogP contribution in [0.25, 0.3) is 11.3 Å². The summed E-state index contributed by atoms with van der Waals surface area (Å²) in [7, 11) is -3.20. The Labute approximate surface area is 189 Å². The van der Waals surface area contributed by atoms with Crippen molar-refractivity contribution in [3.63, 3.8) is 0 Å². The molecule has 0 bridgehead atoms. The Kier molecular flexibility index (Phi) is 6.50. The van der Waals surface area contributed by atoms with Crippen LogP contribution in [0.2, 0.25) is 0 Å². The van der Waals surface area contributed by atoms with Crippen molar-refractivity contribution in [2.75, 3.05) is 30.9 Å². The molecule has 0 radical (unpaired) electrons. The molecule has 4 rings (SSSR count). The van der Waals surface area contributed by atoms with Gasteiger partial charge in [0.15, 0.2) is 15.7 Å². The highest BCUT2D eigenvalue weighted by Crippen LogP contribution is 2.26. The number of aromatic nitrogens is 3. The van der Waals surface area contributed by atoms with Gasteiger partial charge in [0.05, 0.1) is 23.4 Å². The Hall–Kier alpha value is -2.87. The molecule has 3 aromatic rings. The van der Waals surface area contributed by atoms with Crippen molar-refractivity contribution in [1.82, 2.24) is 15.2 Å². The standard InChI is InChI=1S/C24H30N4O3S/c1-17(2)23-14-24(27-26-23)28-12-10-18(11-13-28)16-31-20-6-9-22(25-15-20)19-4-7-21(8-5-19)32(3,29)30/h4-9,14-15,17-18H,10-13,16H2,1-3H3,(H,26,27). The molecular weight excluding hydrogens is 424 g/mol. The van der Waals surface area contributed by atoms with Gasteiger partial charge >= 0.3 is 0 Å². The summed E-state index contributed by atoms with van der Waals surface area (Å²) >= 11 is 0. The van der Waals surface area contributed by atoms with Gasteiger partial charge in [-0.25, -0.2) is 8.42 Å². The third-order valence-corrected chi connectivity index (χ3v) is 7.07. The lowest BCUT2D eigenvalue weighted by atomic mass is 9.98. The van der Waals surface area contributed by atoms with Crippen molar-refractivity contribution in [2.24, 2.45) is 5.92 Å². The minimum atomic E-state index is -3.20. The van der Waals surface area contributed by atoms with Crippen LogP contribution < -0.4 is 9.64 Å². The van der Waals surface area contributed by atoms with Gasteiger partial charge in [0, 0.05) is 36.7 Å². The zero-order valence-corrected chi connectivity index (χ0v) is 19.6. The topological polar surface area (TPSA) is 88.2 Å². The van der Waals surface area contributed by atoms with Crippen molar-refractivity contribution in [2.45, 2.75) is 37.5 Å². The van der Waals surface area contributed by atoms with Crippen LogP contribution in [-0.4, -0.2) is 49.6 Å². The molecule has 1 aromatic carbocycles. The van der Waals surface area contributed by atoms with Gasteiger partial charge in [0.2, 0.25) is 0 Å². The summed E-state index contributed by atoms with van der Waals surface area (Å²) in [5, 5.41) is 7.60. The highest BCUT2D eigenvalue weighted by Gasteiger charge is 2.22. The predicted molar refractivity (Wildman–Crippen MR) is 126 cm³/mol. The van der Waals surface area contributed by atoms with Crippen molar-refractivity contribution in [1.29, 1.82) is 0 Å².